The number of carbonyl (C=O) groups is 1. The third-order valence-corrected chi connectivity index (χ3v) is 3.95. The average molecular weight is 275 g/mol. The molecule has 0 radical (unpaired) electrons. The van der Waals surface area contributed by atoms with E-state index in [1.54, 1.807) is 28.8 Å². The second kappa shape index (κ2) is 5.95. The molecule has 1 amide bonds. The van der Waals surface area contributed by atoms with Crippen molar-refractivity contribution in [2.24, 2.45) is 5.73 Å². The van der Waals surface area contributed by atoms with Gasteiger partial charge in [-0.25, -0.2) is 4.98 Å². The van der Waals surface area contributed by atoms with Gasteiger partial charge in [-0.3, -0.25) is 4.79 Å². The normalized spacial score (nSPS) is 12.2. The van der Waals surface area contributed by atoms with Gasteiger partial charge in [0.1, 0.15) is 6.04 Å². The summed E-state index contributed by atoms with van der Waals surface area (Å²) in [5.74, 6) is -0.0843. The van der Waals surface area contributed by atoms with Gasteiger partial charge in [0.05, 0.1) is 17.7 Å². The van der Waals surface area contributed by atoms with Crippen LogP contribution in [0.2, 0.25) is 0 Å². The van der Waals surface area contributed by atoms with Crippen molar-refractivity contribution in [2.45, 2.75) is 19.5 Å². The van der Waals surface area contributed by atoms with Crippen LogP contribution in [0.3, 0.4) is 0 Å². The highest BCUT2D eigenvalue weighted by molar-refractivity contribution is 7.09. The van der Waals surface area contributed by atoms with Crippen LogP contribution < -0.4 is 5.73 Å². The SMILES string of the molecule is Cc1ncsc1CN(C)C(=O)[C@H](N)c1ccccc1. The van der Waals surface area contributed by atoms with Gasteiger partial charge >= 0.3 is 0 Å². The Kier molecular flexibility index (Phi) is 4.29. The number of hydrogen-bond acceptors (Lipinski definition) is 4. The molecule has 0 aliphatic carbocycles. The zero-order valence-corrected chi connectivity index (χ0v) is 11.9. The molecule has 0 saturated heterocycles. The van der Waals surface area contributed by atoms with Crippen LogP contribution in [0.25, 0.3) is 0 Å². The maximum atomic E-state index is 12.3. The number of aromatic nitrogens is 1. The van der Waals surface area contributed by atoms with E-state index < -0.39 is 6.04 Å². The van der Waals surface area contributed by atoms with Crippen LogP contribution >= 0.6 is 11.3 Å². The number of nitrogens with two attached hydrogens (primary N) is 1. The molecule has 2 aromatic rings. The van der Waals surface area contributed by atoms with Crippen LogP contribution in [-0.2, 0) is 11.3 Å². The number of hydrogen-bond donors (Lipinski definition) is 1. The smallest absolute Gasteiger partial charge is 0.244 e. The van der Waals surface area contributed by atoms with E-state index in [-0.39, 0.29) is 5.91 Å². The molecule has 0 fully saturated rings. The predicted octanol–water partition coefficient (Wildman–Crippen LogP) is 2.11. The van der Waals surface area contributed by atoms with E-state index in [0.717, 1.165) is 16.1 Å². The lowest BCUT2D eigenvalue weighted by Gasteiger charge is -2.21. The van der Waals surface area contributed by atoms with Gasteiger partial charge in [-0.15, -0.1) is 11.3 Å². The fraction of sp³-hybridized carbons (Fsp3) is 0.286. The first-order valence-electron chi connectivity index (χ1n) is 6.04. The fourth-order valence-corrected chi connectivity index (χ4v) is 2.64. The highest BCUT2D eigenvalue weighted by Gasteiger charge is 2.20. The summed E-state index contributed by atoms with van der Waals surface area (Å²) in [5, 5.41) is 0. The third kappa shape index (κ3) is 3.19. The molecule has 2 N–H and O–H groups in total. The van der Waals surface area contributed by atoms with Crippen molar-refractivity contribution in [3.63, 3.8) is 0 Å². The van der Waals surface area contributed by atoms with Crippen molar-refractivity contribution >= 4 is 17.2 Å². The molecule has 0 spiro atoms. The lowest BCUT2D eigenvalue weighted by molar-refractivity contribution is -0.131. The van der Waals surface area contributed by atoms with E-state index in [2.05, 4.69) is 4.98 Å². The molecule has 19 heavy (non-hydrogen) atoms. The Morgan fingerprint density at radius 2 is 2.11 bits per heavy atom. The minimum absolute atomic E-state index is 0.0843. The Balaban J connectivity index is 2.05. The zero-order chi connectivity index (χ0) is 13.8. The number of benzene rings is 1. The topological polar surface area (TPSA) is 59.2 Å². The highest BCUT2D eigenvalue weighted by Crippen LogP contribution is 2.17. The molecule has 5 heteroatoms. The zero-order valence-electron chi connectivity index (χ0n) is 11.0. The lowest BCUT2D eigenvalue weighted by atomic mass is 10.1. The van der Waals surface area contributed by atoms with Gasteiger partial charge in [0.15, 0.2) is 0 Å². The third-order valence-electron chi connectivity index (χ3n) is 3.03. The van der Waals surface area contributed by atoms with E-state index in [1.807, 2.05) is 37.3 Å². The van der Waals surface area contributed by atoms with Crippen molar-refractivity contribution in [2.75, 3.05) is 7.05 Å². The molecule has 0 aliphatic heterocycles. The van der Waals surface area contributed by atoms with Crippen LogP contribution in [0.15, 0.2) is 35.8 Å². The average Bonchev–Trinajstić information content (AvgIpc) is 2.83. The second-order valence-electron chi connectivity index (χ2n) is 4.44. The number of amides is 1. The van der Waals surface area contributed by atoms with Crippen LogP contribution in [-0.4, -0.2) is 22.8 Å². The number of rotatable bonds is 4. The van der Waals surface area contributed by atoms with Gasteiger partial charge < -0.3 is 10.6 Å². The lowest BCUT2D eigenvalue weighted by Crippen LogP contribution is -2.35. The van der Waals surface area contributed by atoms with E-state index in [4.69, 9.17) is 5.73 Å². The number of carbonyl (C=O) groups excluding carboxylic acids is 1. The maximum absolute atomic E-state index is 12.3. The Morgan fingerprint density at radius 1 is 1.42 bits per heavy atom. The van der Waals surface area contributed by atoms with Crippen molar-refractivity contribution in [3.8, 4) is 0 Å². The van der Waals surface area contributed by atoms with Crippen molar-refractivity contribution in [1.82, 2.24) is 9.88 Å². The molecule has 2 rings (SSSR count). The second-order valence-corrected chi connectivity index (χ2v) is 5.38. The minimum atomic E-state index is -0.612. The molecule has 1 heterocycles. The van der Waals surface area contributed by atoms with Crippen LogP contribution in [0.4, 0.5) is 0 Å². The van der Waals surface area contributed by atoms with Crippen LogP contribution in [0.1, 0.15) is 22.2 Å². The monoisotopic (exact) mass is 275 g/mol. The number of nitrogens with zero attached hydrogens (tertiary/aromatic N) is 2. The Hall–Kier alpha value is -1.72. The van der Waals surface area contributed by atoms with E-state index in [9.17, 15) is 4.79 Å². The Morgan fingerprint density at radius 3 is 2.68 bits per heavy atom. The summed E-state index contributed by atoms with van der Waals surface area (Å²) in [6.07, 6.45) is 0. The Bertz CT molecular complexity index is 553. The van der Waals surface area contributed by atoms with Gasteiger partial charge in [-0.05, 0) is 12.5 Å². The molecule has 100 valence electrons. The number of aryl methyl sites for hydroxylation is 1. The fourth-order valence-electron chi connectivity index (χ4n) is 1.81. The van der Waals surface area contributed by atoms with Gasteiger partial charge in [0.2, 0.25) is 5.91 Å². The van der Waals surface area contributed by atoms with Crippen molar-refractivity contribution in [1.29, 1.82) is 0 Å². The van der Waals surface area contributed by atoms with Crippen LogP contribution in [0.5, 0.6) is 0 Å². The summed E-state index contributed by atoms with van der Waals surface area (Å²) >= 11 is 1.56. The summed E-state index contributed by atoms with van der Waals surface area (Å²) in [6.45, 7) is 2.50. The highest BCUT2D eigenvalue weighted by atomic mass is 32.1. The first kappa shape index (κ1) is 13.7. The molecule has 1 aromatic carbocycles. The summed E-state index contributed by atoms with van der Waals surface area (Å²) in [5.41, 5.74) is 9.60. The molecule has 1 atom stereocenters. The first-order valence-corrected chi connectivity index (χ1v) is 6.92. The van der Waals surface area contributed by atoms with E-state index >= 15 is 0 Å². The molecule has 0 aliphatic rings. The predicted molar refractivity (Wildman–Crippen MR) is 76.7 cm³/mol. The van der Waals surface area contributed by atoms with E-state index in [1.165, 1.54) is 0 Å². The van der Waals surface area contributed by atoms with Gasteiger partial charge in [-0.2, -0.15) is 0 Å². The molecular formula is C14H17N3OS. The standard InChI is InChI=1S/C14H17N3OS/c1-10-12(19-9-16-10)8-17(2)14(18)13(15)11-6-4-3-5-7-11/h3-7,9,13H,8,15H2,1-2H3/t13-/m1/s1. The van der Waals surface area contributed by atoms with Gasteiger partial charge in [0, 0.05) is 11.9 Å². The maximum Gasteiger partial charge on any atom is 0.244 e. The first-order chi connectivity index (χ1) is 9.09. The summed E-state index contributed by atoms with van der Waals surface area (Å²) in [7, 11) is 1.77. The summed E-state index contributed by atoms with van der Waals surface area (Å²) in [6, 6.07) is 8.80. The van der Waals surface area contributed by atoms with Crippen LogP contribution in [0, 0.1) is 6.92 Å². The van der Waals surface area contributed by atoms with Crippen molar-refractivity contribution in [3.05, 3.63) is 52.0 Å². The van der Waals surface area contributed by atoms with Crippen molar-refractivity contribution < 1.29 is 4.79 Å². The molecule has 0 saturated carbocycles. The Labute approximate surface area is 116 Å². The molecule has 4 nitrogen and oxygen atoms in total. The summed E-state index contributed by atoms with van der Waals surface area (Å²) < 4.78 is 0. The molecular weight excluding hydrogens is 258 g/mol. The minimum Gasteiger partial charge on any atom is -0.339 e. The van der Waals surface area contributed by atoms with E-state index in [0.29, 0.717) is 6.54 Å². The van der Waals surface area contributed by atoms with Gasteiger partial charge in [-0.1, -0.05) is 30.3 Å². The van der Waals surface area contributed by atoms with Gasteiger partial charge in [0.25, 0.3) is 0 Å². The number of likely N-dealkylation sites (N-methyl/N-ethyl adjacent to an activating group) is 1. The number of thiazole rings is 1. The molecule has 0 unspecified atom stereocenters. The molecule has 0 bridgehead atoms. The largest absolute Gasteiger partial charge is 0.339 e. The molecule has 1 aromatic heterocycles. The quantitative estimate of drug-likeness (QED) is 0.929. The summed E-state index contributed by atoms with van der Waals surface area (Å²) in [4.78, 5) is 19.2.